The molecule has 1 saturated heterocycles. The summed E-state index contributed by atoms with van der Waals surface area (Å²) in [5, 5.41) is 3.50. The van der Waals surface area contributed by atoms with E-state index in [0.29, 0.717) is 5.33 Å². The van der Waals surface area contributed by atoms with Crippen LogP contribution < -0.4 is 16.1 Å². The Hall–Kier alpha value is -0.630. The molecule has 1 fully saturated rings. The topological polar surface area (TPSA) is 47.6 Å². The first-order valence-electron chi connectivity index (χ1n) is 4.57. The van der Waals surface area contributed by atoms with Crippen LogP contribution in [-0.2, 0) is 5.33 Å². The van der Waals surface area contributed by atoms with Crippen LogP contribution in [0.15, 0.2) is 22.7 Å². The van der Waals surface area contributed by atoms with Crippen LogP contribution in [0, 0.1) is 0 Å². The molecule has 5 nitrogen and oxygen atoms in total. The van der Waals surface area contributed by atoms with Gasteiger partial charge in [-0.3, -0.25) is 0 Å². The van der Waals surface area contributed by atoms with Gasteiger partial charge in [-0.2, -0.15) is 0 Å². The van der Waals surface area contributed by atoms with E-state index in [1.165, 1.54) is 10.0 Å². The van der Waals surface area contributed by atoms with E-state index in [2.05, 4.69) is 42.9 Å². The molecular weight excluding hydrogens is 340 g/mol. The number of amides is 2. The number of halogens is 2. The van der Waals surface area contributed by atoms with Crippen molar-refractivity contribution in [2.24, 2.45) is 0 Å². The van der Waals surface area contributed by atoms with Crippen LogP contribution in [0.1, 0.15) is 5.56 Å². The van der Waals surface area contributed by atoms with Gasteiger partial charge in [-0.15, -0.1) is 11.1 Å². The first-order valence-corrected chi connectivity index (χ1v) is 6.49. The fraction of sp³-hybridized carbons (Fsp3) is 0.222. The monoisotopic (exact) mass is 348 g/mol. The summed E-state index contributed by atoms with van der Waals surface area (Å²) in [4.78, 5) is 11.8. The number of rotatable bonds is 2. The molecule has 2 rings (SSSR count). The van der Waals surface area contributed by atoms with E-state index in [1.54, 1.807) is 7.05 Å². The Kier molecular flexibility index (Phi) is 3.48. The van der Waals surface area contributed by atoms with Crippen molar-refractivity contribution >= 4 is 43.6 Å². The molecule has 0 spiro atoms. The lowest BCUT2D eigenvalue weighted by atomic mass is 10.2. The highest BCUT2D eigenvalue weighted by atomic mass is 79.9. The number of nitrogens with one attached hydrogen (secondary N) is 2. The van der Waals surface area contributed by atoms with Gasteiger partial charge in [0.05, 0.1) is 5.69 Å². The van der Waals surface area contributed by atoms with Crippen LogP contribution in [0.3, 0.4) is 0 Å². The molecule has 1 heterocycles. The first-order chi connectivity index (χ1) is 7.65. The zero-order valence-electron chi connectivity index (χ0n) is 8.50. The summed E-state index contributed by atoms with van der Waals surface area (Å²) in [5.74, 6) is 0. The maximum absolute atomic E-state index is 11.8. The van der Waals surface area contributed by atoms with Gasteiger partial charge in [0.2, 0.25) is 0 Å². The molecule has 0 radical (unpaired) electrons. The smallest absolute Gasteiger partial charge is 0.246 e. The minimum Gasteiger partial charge on any atom is -0.246 e. The van der Waals surface area contributed by atoms with E-state index >= 15 is 0 Å². The number of nitrogens with zero attached hydrogens (tertiary/aromatic N) is 2. The molecule has 16 heavy (non-hydrogen) atoms. The van der Waals surface area contributed by atoms with Crippen molar-refractivity contribution in [2.45, 2.75) is 5.33 Å². The Balaban J connectivity index is 2.41. The number of carbonyl (C=O) groups excluding carboxylic acids is 1. The molecule has 1 aliphatic heterocycles. The van der Waals surface area contributed by atoms with Gasteiger partial charge in [-0.25, -0.2) is 14.8 Å². The van der Waals surface area contributed by atoms with E-state index in [-0.39, 0.29) is 6.03 Å². The van der Waals surface area contributed by atoms with Gasteiger partial charge in [0, 0.05) is 22.4 Å². The Bertz CT molecular complexity index is 426. The van der Waals surface area contributed by atoms with Crippen molar-refractivity contribution in [3.05, 3.63) is 28.2 Å². The lowest BCUT2D eigenvalue weighted by Crippen LogP contribution is -2.38. The van der Waals surface area contributed by atoms with E-state index in [9.17, 15) is 4.79 Å². The zero-order chi connectivity index (χ0) is 11.7. The summed E-state index contributed by atoms with van der Waals surface area (Å²) in [6.45, 7) is 0. The summed E-state index contributed by atoms with van der Waals surface area (Å²) in [6, 6.07) is 5.56. The average Bonchev–Trinajstić information content (AvgIpc) is 2.59. The van der Waals surface area contributed by atoms with Crippen molar-refractivity contribution in [1.29, 1.82) is 0 Å². The zero-order valence-corrected chi connectivity index (χ0v) is 11.7. The molecule has 1 aromatic rings. The second-order valence-electron chi connectivity index (χ2n) is 3.27. The molecule has 0 aliphatic carbocycles. The van der Waals surface area contributed by atoms with Gasteiger partial charge in [0.25, 0.3) is 0 Å². The predicted octanol–water partition coefficient (Wildman–Crippen LogP) is 2.14. The molecule has 1 aliphatic rings. The summed E-state index contributed by atoms with van der Waals surface area (Å²) in [7, 11) is 1.65. The van der Waals surface area contributed by atoms with E-state index in [0.717, 1.165) is 15.7 Å². The number of anilines is 1. The molecule has 2 N–H and O–H groups in total. The molecule has 0 unspecified atom stereocenters. The Morgan fingerprint density at radius 2 is 2.12 bits per heavy atom. The Morgan fingerprint density at radius 3 is 2.69 bits per heavy atom. The van der Waals surface area contributed by atoms with E-state index in [1.807, 2.05) is 18.2 Å². The minimum absolute atomic E-state index is 0.152. The molecule has 0 bridgehead atoms. The molecule has 0 atom stereocenters. The van der Waals surface area contributed by atoms with Crippen LogP contribution in [0.4, 0.5) is 10.5 Å². The molecule has 7 heteroatoms. The standard InChI is InChI=1S/C9H10Br2N4O/c1-14-9(16)15(13-12-14)8-4-2-3-7(11)6(8)5-10/h2-4,12-13H,5H2,1H3. The highest BCUT2D eigenvalue weighted by Crippen LogP contribution is 2.30. The predicted molar refractivity (Wildman–Crippen MR) is 68.7 cm³/mol. The van der Waals surface area contributed by atoms with Crippen molar-refractivity contribution in [3.63, 3.8) is 0 Å². The summed E-state index contributed by atoms with van der Waals surface area (Å²) in [6.07, 6.45) is 0. The van der Waals surface area contributed by atoms with Crippen molar-refractivity contribution in [1.82, 2.24) is 16.1 Å². The normalized spacial score (nSPS) is 16.1. The van der Waals surface area contributed by atoms with Gasteiger partial charge in [-0.1, -0.05) is 37.9 Å². The molecule has 2 amide bonds. The van der Waals surface area contributed by atoms with Crippen LogP contribution in [0.5, 0.6) is 0 Å². The van der Waals surface area contributed by atoms with Crippen LogP contribution >= 0.6 is 31.9 Å². The number of hydrogen-bond acceptors (Lipinski definition) is 3. The summed E-state index contributed by atoms with van der Waals surface area (Å²) >= 11 is 6.87. The van der Waals surface area contributed by atoms with Gasteiger partial charge >= 0.3 is 6.03 Å². The fourth-order valence-corrected chi connectivity index (χ4v) is 2.88. The highest BCUT2D eigenvalue weighted by Gasteiger charge is 2.28. The number of carbonyl (C=O) groups is 1. The van der Waals surface area contributed by atoms with Crippen LogP contribution in [-0.4, -0.2) is 18.1 Å². The minimum atomic E-state index is -0.152. The second-order valence-corrected chi connectivity index (χ2v) is 4.69. The third-order valence-electron chi connectivity index (χ3n) is 2.28. The lowest BCUT2D eigenvalue weighted by Gasteiger charge is -2.17. The average molecular weight is 350 g/mol. The quantitative estimate of drug-likeness (QED) is 0.804. The molecule has 0 saturated carbocycles. The molecule has 0 aromatic heterocycles. The van der Waals surface area contributed by atoms with Gasteiger partial charge in [0.15, 0.2) is 0 Å². The van der Waals surface area contributed by atoms with E-state index < -0.39 is 0 Å². The van der Waals surface area contributed by atoms with Crippen LogP contribution in [0.2, 0.25) is 0 Å². The summed E-state index contributed by atoms with van der Waals surface area (Å²) in [5.41, 5.74) is 7.34. The number of hydrazine groups is 3. The lowest BCUT2D eigenvalue weighted by molar-refractivity contribution is 0.214. The SMILES string of the molecule is CN1NNN(c2cccc(Br)c2CBr)C1=O. The highest BCUT2D eigenvalue weighted by molar-refractivity contribution is 9.10. The number of benzene rings is 1. The number of alkyl halides is 1. The van der Waals surface area contributed by atoms with Gasteiger partial charge in [0.1, 0.15) is 0 Å². The molecule has 86 valence electrons. The maximum atomic E-state index is 11.8. The number of hydrogen-bond donors (Lipinski definition) is 2. The van der Waals surface area contributed by atoms with E-state index in [4.69, 9.17) is 0 Å². The van der Waals surface area contributed by atoms with Crippen molar-refractivity contribution in [3.8, 4) is 0 Å². The third-order valence-corrected chi connectivity index (χ3v) is 3.58. The Morgan fingerprint density at radius 1 is 1.38 bits per heavy atom. The first kappa shape index (κ1) is 11.8. The van der Waals surface area contributed by atoms with Gasteiger partial charge < -0.3 is 0 Å². The van der Waals surface area contributed by atoms with Gasteiger partial charge in [-0.05, 0) is 12.1 Å². The van der Waals surface area contributed by atoms with Crippen LogP contribution in [0.25, 0.3) is 0 Å². The van der Waals surface area contributed by atoms with Crippen molar-refractivity contribution in [2.75, 3.05) is 12.1 Å². The van der Waals surface area contributed by atoms with Crippen molar-refractivity contribution < 1.29 is 4.79 Å². The molecular formula is C9H10Br2N4O. The second kappa shape index (κ2) is 4.70. The number of urea groups is 1. The summed E-state index contributed by atoms with van der Waals surface area (Å²) < 4.78 is 0.964. The molecule has 1 aromatic carbocycles. The largest absolute Gasteiger partial charge is 0.355 e. The maximum Gasteiger partial charge on any atom is 0.355 e. The third kappa shape index (κ3) is 1.95. The Labute approximate surface area is 110 Å². The fourth-order valence-electron chi connectivity index (χ4n) is 1.42.